The van der Waals surface area contributed by atoms with Gasteiger partial charge in [0.15, 0.2) is 0 Å². The van der Waals surface area contributed by atoms with Crippen molar-refractivity contribution in [2.75, 3.05) is 7.05 Å². The molecule has 0 aromatic heterocycles. The number of halogens is 1. The molecule has 3 rings (SSSR count). The van der Waals surface area contributed by atoms with E-state index in [2.05, 4.69) is 0 Å². The minimum Gasteiger partial charge on any atom is -0.339 e. The number of carbonyl (C=O) groups is 2. The number of Topliss-reactive ketones (excluding diaryl/α,β-unsaturated/α-hetero) is 1. The number of ketones is 1. The van der Waals surface area contributed by atoms with Crippen molar-refractivity contribution in [2.45, 2.75) is 45.1 Å². The quantitative estimate of drug-likeness (QED) is 0.829. The number of hydrogen-bond donors (Lipinski definition) is 0. The van der Waals surface area contributed by atoms with E-state index < -0.39 is 0 Å². The largest absolute Gasteiger partial charge is 0.339 e. The van der Waals surface area contributed by atoms with E-state index in [9.17, 15) is 9.59 Å². The summed E-state index contributed by atoms with van der Waals surface area (Å²) in [5.41, 5.74) is 0.970. The molecular weight excluding hydrogens is 310 g/mol. The summed E-state index contributed by atoms with van der Waals surface area (Å²) in [4.78, 5) is 26.9. The Hall–Kier alpha value is -1.35. The van der Waals surface area contributed by atoms with E-state index in [0.717, 1.165) is 37.7 Å². The molecular formula is C19H24ClNO2. The highest BCUT2D eigenvalue weighted by molar-refractivity contribution is 6.31. The van der Waals surface area contributed by atoms with Crippen LogP contribution in [-0.2, 0) is 9.59 Å². The van der Waals surface area contributed by atoms with Gasteiger partial charge in [-0.2, -0.15) is 0 Å². The highest BCUT2D eigenvalue weighted by atomic mass is 35.5. The Kier molecular flexibility index (Phi) is 4.77. The van der Waals surface area contributed by atoms with Gasteiger partial charge < -0.3 is 4.90 Å². The molecule has 0 saturated heterocycles. The monoisotopic (exact) mass is 333 g/mol. The topological polar surface area (TPSA) is 37.4 Å². The Morgan fingerprint density at radius 2 is 1.83 bits per heavy atom. The number of benzene rings is 1. The van der Waals surface area contributed by atoms with E-state index in [4.69, 9.17) is 11.6 Å². The Bertz CT molecular complexity index is 599. The summed E-state index contributed by atoms with van der Waals surface area (Å²) < 4.78 is 0. The molecule has 3 nitrogen and oxygen atoms in total. The van der Waals surface area contributed by atoms with Crippen molar-refractivity contribution in [3.8, 4) is 0 Å². The zero-order valence-electron chi connectivity index (χ0n) is 13.8. The van der Waals surface area contributed by atoms with Gasteiger partial charge in [0.1, 0.15) is 5.78 Å². The summed E-state index contributed by atoms with van der Waals surface area (Å²) in [6.45, 7) is 2.01. The van der Waals surface area contributed by atoms with Gasteiger partial charge in [-0.05, 0) is 44.2 Å². The number of fused-ring (bicyclic) bond motifs is 2. The van der Waals surface area contributed by atoms with E-state index in [0.29, 0.717) is 10.8 Å². The highest BCUT2D eigenvalue weighted by Gasteiger charge is 2.42. The lowest BCUT2D eigenvalue weighted by molar-refractivity contribution is -0.143. The fourth-order valence-corrected chi connectivity index (χ4v) is 4.48. The van der Waals surface area contributed by atoms with Crippen LogP contribution in [0, 0.1) is 17.8 Å². The van der Waals surface area contributed by atoms with Crippen LogP contribution in [0.5, 0.6) is 0 Å². The molecule has 124 valence electrons. The number of hydrogen-bond acceptors (Lipinski definition) is 2. The van der Waals surface area contributed by atoms with Gasteiger partial charge in [-0.15, -0.1) is 0 Å². The molecule has 1 unspecified atom stereocenters. The minimum atomic E-state index is -0.0614. The maximum atomic E-state index is 12.9. The Balaban J connectivity index is 1.73. The van der Waals surface area contributed by atoms with Gasteiger partial charge in [0.05, 0.1) is 6.04 Å². The average molecular weight is 334 g/mol. The molecule has 1 aromatic rings. The van der Waals surface area contributed by atoms with Crippen LogP contribution >= 0.6 is 11.6 Å². The predicted molar refractivity (Wildman–Crippen MR) is 91.2 cm³/mol. The lowest BCUT2D eigenvalue weighted by Gasteiger charge is -2.39. The third kappa shape index (κ3) is 3.16. The van der Waals surface area contributed by atoms with Gasteiger partial charge in [0.25, 0.3) is 0 Å². The van der Waals surface area contributed by atoms with Crippen molar-refractivity contribution < 1.29 is 9.59 Å². The summed E-state index contributed by atoms with van der Waals surface area (Å²) in [6.07, 6.45) is 4.52. The third-order valence-corrected chi connectivity index (χ3v) is 6.03. The molecule has 2 bridgehead atoms. The molecule has 4 heteroatoms. The fourth-order valence-electron chi connectivity index (χ4n) is 4.18. The van der Waals surface area contributed by atoms with E-state index in [1.807, 2.05) is 38.2 Å². The van der Waals surface area contributed by atoms with Crippen molar-refractivity contribution in [3.05, 3.63) is 34.9 Å². The van der Waals surface area contributed by atoms with Crippen LogP contribution in [0.1, 0.15) is 50.6 Å². The van der Waals surface area contributed by atoms with E-state index >= 15 is 0 Å². The van der Waals surface area contributed by atoms with Gasteiger partial charge in [-0.1, -0.05) is 36.2 Å². The molecule has 0 heterocycles. The maximum absolute atomic E-state index is 12.9. The van der Waals surface area contributed by atoms with Gasteiger partial charge in [-0.3, -0.25) is 9.59 Å². The van der Waals surface area contributed by atoms with Crippen LogP contribution in [0.15, 0.2) is 24.3 Å². The first-order valence-electron chi connectivity index (χ1n) is 8.54. The van der Waals surface area contributed by atoms with E-state index in [1.165, 1.54) is 0 Å². The van der Waals surface area contributed by atoms with Crippen LogP contribution in [0.25, 0.3) is 0 Å². The number of amides is 1. The van der Waals surface area contributed by atoms with E-state index in [1.54, 1.807) is 4.90 Å². The van der Waals surface area contributed by atoms with Gasteiger partial charge in [0, 0.05) is 29.8 Å². The van der Waals surface area contributed by atoms with Crippen LogP contribution in [0.4, 0.5) is 0 Å². The van der Waals surface area contributed by atoms with Crippen molar-refractivity contribution >= 4 is 23.3 Å². The summed E-state index contributed by atoms with van der Waals surface area (Å²) in [5.74, 6) is 0.766. The number of carbonyl (C=O) groups excluding carboxylic acids is 2. The molecule has 2 aliphatic carbocycles. The second-order valence-corrected chi connectivity index (χ2v) is 7.45. The Morgan fingerprint density at radius 3 is 2.43 bits per heavy atom. The lowest BCUT2D eigenvalue weighted by atomic mass is 9.67. The second-order valence-electron chi connectivity index (χ2n) is 7.04. The zero-order valence-corrected chi connectivity index (χ0v) is 14.6. The van der Waals surface area contributed by atoms with Gasteiger partial charge in [-0.25, -0.2) is 0 Å². The summed E-state index contributed by atoms with van der Waals surface area (Å²) in [5, 5.41) is 0.690. The first kappa shape index (κ1) is 16.5. The second kappa shape index (κ2) is 6.64. The lowest BCUT2D eigenvalue weighted by Crippen LogP contribution is -2.43. The highest BCUT2D eigenvalue weighted by Crippen LogP contribution is 2.41. The first-order valence-corrected chi connectivity index (χ1v) is 8.91. The summed E-state index contributed by atoms with van der Waals surface area (Å²) in [6, 6.07) is 7.60. The van der Waals surface area contributed by atoms with Crippen LogP contribution in [0.3, 0.4) is 0 Å². The molecule has 2 fully saturated rings. The van der Waals surface area contributed by atoms with Gasteiger partial charge >= 0.3 is 0 Å². The third-order valence-electron chi connectivity index (χ3n) is 5.68. The number of nitrogens with zero attached hydrogens (tertiary/aromatic N) is 1. The molecule has 2 aliphatic rings. The standard InChI is InChI=1S/C19H24ClNO2/c1-12(16-8-3-4-9-17(16)20)21(2)19(23)15-10-13-6-5-7-14(11-15)18(13)22/h3-4,8-9,12-15H,5-7,10-11H2,1-2H3/t12-,13-,14+,15?/m0/s1. The van der Waals surface area contributed by atoms with E-state index in [-0.39, 0.29) is 29.7 Å². The molecule has 0 radical (unpaired) electrons. The smallest absolute Gasteiger partial charge is 0.225 e. The normalized spacial score (nSPS) is 28.3. The van der Waals surface area contributed by atoms with Crippen LogP contribution in [0.2, 0.25) is 5.02 Å². The Morgan fingerprint density at radius 1 is 1.22 bits per heavy atom. The zero-order chi connectivity index (χ0) is 16.6. The molecule has 1 aromatic carbocycles. The molecule has 1 amide bonds. The van der Waals surface area contributed by atoms with Crippen molar-refractivity contribution in [1.29, 1.82) is 0 Å². The number of rotatable bonds is 3. The molecule has 4 atom stereocenters. The molecule has 0 spiro atoms. The van der Waals surface area contributed by atoms with Crippen molar-refractivity contribution in [3.63, 3.8) is 0 Å². The van der Waals surface area contributed by atoms with Crippen LogP contribution in [-0.4, -0.2) is 23.6 Å². The average Bonchev–Trinajstić information content (AvgIpc) is 2.53. The predicted octanol–water partition coefficient (Wildman–Crippen LogP) is 4.25. The van der Waals surface area contributed by atoms with Crippen molar-refractivity contribution in [1.82, 2.24) is 4.90 Å². The van der Waals surface area contributed by atoms with Crippen molar-refractivity contribution in [2.24, 2.45) is 17.8 Å². The summed E-state index contributed by atoms with van der Waals surface area (Å²) >= 11 is 6.27. The first-order chi connectivity index (χ1) is 11.0. The maximum Gasteiger partial charge on any atom is 0.225 e. The molecule has 23 heavy (non-hydrogen) atoms. The Labute approximate surface area is 143 Å². The molecule has 0 N–H and O–H groups in total. The molecule has 2 saturated carbocycles. The minimum absolute atomic E-state index is 0.0158. The van der Waals surface area contributed by atoms with Gasteiger partial charge in [0.2, 0.25) is 5.91 Å². The SMILES string of the molecule is C[C@@H](c1ccccc1Cl)N(C)C(=O)C1C[C@H]2CCC[C@@H](C1)C2=O. The fraction of sp³-hybridized carbons (Fsp3) is 0.579. The molecule has 0 aliphatic heterocycles. The summed E-state index contributed by atoms with van der Waals surface area (Å²) in [7, 11) is 1.85. The van der Waals surface area contributed by atoms with Crippen LogP contribution < -0.4 is 0 Å².